The van der Waals surface area contributed by atoms with Crippen LogP contribution < -0.4 is 10.9 Å². The fourth-order valence-corrected chi connectivity index (χ4v) is 2.11. The molecule has 3 nitrogen and oxygen atoms in total. The lowest BCUT2D eigenvalue weighted by Crippen LogP contribution is -2.01. The molecule has 0 aliphatic heterocycles. The summed E-state index contributed by atoms with van der Waals surface area (Å²) in [7, 11) is 0. The molecule has 2 aromatic carbocycles. The van der Waals surface area contributed by atoms with E-state index in [0.717, 1.165) is 22.3 Å². The first kappa shape index (κ1) is 11.5. The van der Waals surface area contributed by atoms with E-state index < -0.39 is 0 Å². The van der Waals surface area contributed by atoms with Crippen molar-refractivity contribution < 1.29 is 4.42 Å². The molecular weight excluding hydrogens is 238 g/mol. The summed E-state index contributed by atoms with van der Waals surface area (Å²) < 4.78 is 5.28. The SMILES string of the molecule is Cc1cccc2c(Nc3ccccc3)cc(=O)oc12. The van der Waals surface area contributed by atoms with Gasteiger partial charge >= 0.3 is 5.63 Å². The lowest BCUT2D eigenvalue weighted by atomic mass is 10.1. The van der Waals surface area contributed by atoms with Gasteiger partial charge in [-0.15, -0.1) is 0 Å². The Hall–Kier alpha value is -2.55. The highest BCUT2D eigenvalue weighted by Gasteiger charge is 2.07. The van der Waals surface area contributed by atoms with Gasteiger partial charge in [-0.25, -0.2) is 4.79 Å². The Morgan fingerprint density at radius 2 is 1.79 bits per heavy atom. The monoisotopic (exact) mass is 251 g/mol. The van der Waals surface area contributed by atoms with E-state index in [4.69, 9.17) is 4.42 Å². The maximum absolute atomic E-state index is 11.6. The number of anilines is 2. The maximum Gasteiger partial charge on any atom is 0.338 e. The third kappa shape index (κ3) is 2.22. The molecule has 3 heteroatoms. The van der Waals surface area contributed by atoms with E-state index in [0.29, 0.717) is 5.58 Å². The molecule has 0 fully saturated rings. The molecule has 3 rings (SSSR count). The topological polar surface area (TPSA) is 42.2 Å². The molecule has 3 aromatic rings. The number of hydrogen-bond donors (Lipinski definition) is 1. The second kappa shape index (κ2) is 4.61. The van der Waals surface area contributed by atoms with Gasteiger partial charge in [-0.2, -0.15) is 0 Å². The molecule has 0 amide bonds. The molecule has 0 aliphatic rings. The third-order valence-corrected chi connectivity index (χ3v) is 3.02. The smallest absolute Gasteiger partial charge is 0.338 e. The molecule has 94 valence electrons. The molecule has 0 spiro atoms. The standard InChI is InChI=1S/C16H13NO2/c1-11-6-5-9-13-14(10-15(18)19-16(11)13)17-12-7-3-2-4-8-12/h2-10,17H,1H3. The average molecular weight is 251 g/mol. The Kier molecular flexibility index (Phi) is 2.80. The van der Waals surface area contributed by atoms with E-state index in [1.165, 1.54) is 6.07 Å². The molecule has 0 atom stereocenters. The fourth-order valence-electron chi connectivity index (χ4n) is 2.11. The van der Waals surface area contributed by atoms with Gasteiger partial charge in [0.05, 0.1) is 5.69 Å². The summed E-state index contributed by atoms with van der Waals surface area (Å²) in [5.74, 6) is 0. The van der Waals surface area contributed by atoms with Crippen molar-refractivity contribution in [2.75, 3.05) is 5.32 Å². The average Bonchev–Trinajstić information content (AvgIpc) is 2.41. The molecule has 0 saturated carbocycles. The van der Waals surface area contributed by atoms with Gasteiger partial charge in [0.1, 0.15) is 5.58 Å². The molecule has 0 radical (unpaired) electrons. The number of fused-ring (bicyclic) bond motifs is 1. The van der Waals surface area contributed by atoms with Gasteiger partial charge in [-0.3, -0.25) is 0 Å². The summed E-state index contributed by atoms with van der Waals surface area (Å²) in [4.78, 5) is 11.6. The van der Waals surface area contributed by atoms with Crippen molar-refractivity contribution in [1.82, 2.24) is 0 Å². The predicted molar refractivity (Wildman–Crippen MR) is 76.9 cm³/mol. The van der Waals surface area contributed by atoms with Gasteiger partial charge in [0.15, 0.2) is 0 Å². The predicted octanol–water partition coefficient (Wildman–Crippen LogP) is 3.85. The second-order valence-electron chi connectivity index (χ2n) is 4.42. The van der Waals surface area contributed by atoms with Crippen LogP contribution in [0, 0.1) is 6.92 Å². The highest BCUT2D eigenvalue weighted by Crippen LogP contribution is 2.26. The Morgan fingerprint density at radius 3 is 2.58 bits per heavy atom. The van der Waals surface area contributed by atoms with Gasteiger partial charge in [0, 0.05) is 17.1 Å². The number of aryl methyl sites for hydroxylation is 1. The normalized spacial score (nSPS) is 10.6. The fraction of sp³-hybridized carbons (Fsp3) is 0.0625. The van der Waals surface area contributed by atoms with Crippen LogP contribution in [0.15, 0.2) is 63.8 Å². The Bertz CT molecular complexity index is 776. The molecule has 1 aromatic heterocycles. The first-order chi connectivity index (χ1) is 9.24. The zero-order chi connectivity index (χ0) is 13.2. The number of hydrogen-bond acceptors (Lipinski definition) is 3. The van der Waals surface area contributed by atoms with Crippen LogP contribution in [0.5, 0.6) is 0 Å². The minimum Gasteiger partial charge on any atom is -0.422 e. The zero-order valence-corrected chi connectivity index (χ0v) is 10.5. The minimum absolute atomic E-state index is 0.347. The highest BCUT2D eigenvalue weighted by molar-refractivity contribution is 5.93. The van der Waals surface area contributed by atoms with Gasteiger partial charge in [-0.05, 0) is 30.7 Å². The molecule has 0 aliphatic carbocycles. The molecule has 0 saturated heterocycles. The number of nitrogens with one attached hydrogen (secondary N) is 1. The van der Waals surface area contributed by atoms with Crippen molar-refractivity contribution in [3.05, 3.63) is 70.6 Å². The van der Waals surface area contributed by atoms with E-state index in [2.05, 4.69) is 5.32 Å². The Morgan fingerprint density at radius 1 is 1.00 bits per heavy atom. The summed E-state index contributed by atoms with van der Waals surface area (Å²) in [6, 6.07) is 17.1. The van der Waals surface area contributed by atoms with Crippen molar-refractivity contribution in [1.29, 1.82) is 0 Å². The van der Waals surface area contributed by atoms with Crippen LogP contribution in [0.1, 0.15) is 5.56 Å². The lowest BCUT2D eigenvalue weighted by molar-refractivity contribution is 0.559. The zero-order valence-electron chi connectivity index (χ0n) is 10.5. The lowest BCUT2D eigenvalue weighted by Gasteiger charge is -2.09. The van der Waals surface area contributed by atoms with Crippen molar-refractivity contribution >= 4 is 22.3 Å². The van der Waals surface area contributed by atoms with Crippen LogP contribution in [-0.2, 0) is 0 Å². The van der Waals surface area contributed by atoms with E-state index in [1.807, 2.05) is 55.5 Å². The van der Waals surface area contributed by atoms with Crippen LogP contribution in [0.2, 0.25) is 0 Å². The van der Waals surface area contributed by atoms with Crippen molar-refractivity contribution in [3.63, 3.8) is 0 Å². The van der Waals surface area contributed by atoms with E-state index >= 15 is 0 Å². The van der Waals surface area contributed by atoms with Gasteiger partial charge in [0.25, 0.3) is 0 Å². The molecule has 0 bridgehead atoms. The van der Waals surface area contributed by atoms with E-state index in [9.17, 15) is 4.79 Å². The molecule has 1 N–H and O–H groups in total. The maximum atomic E-state index is 11.6. The quantitative estimate of drug-likeness (QED) is 0.703. The molecular formula is C16H13NO2. The summed E-state index contributed by atoms with van der Waals surface area (Å²) >= 11 is 0. The van der Waals surface area contributed by atoms with Gasteiger partial charge in [-0.1, -0.05) is 30.3 Å². The van der Waals surface area contributed by atoms with E-state index in [1.54, 1.807) is 0 Å². The van der Waals surface area contributed by atoms with Crippen molar-refractivity contribution in [2.24, 2.45) is 0 Å². The summed E-state index contributed by atoms with van der Waals surface area (Å²) in [6.45, 7) is 1.93. The molecule has 1 heterocycles. The largest absolute Gasteiger partial charge is 0.422 e. The number of benzene rings is 2. The minimum atomic E-state index is -0.347. The van der Waals surface area contributed by atoms with Crippen LogP contribution >= 0.6 is 0 Å². The Labute approximate surface area is 110 Å². The highest BCUT2D eigenvalue weighted by atomic mass is 16.4. The summed E-state index contributed by atoms with van der Waals surface area (Å²) in [6.07, 6.45) is 0. The molecule has 19 heavy (non-hydrogen) atoms. The van der Waals surface area contributed by atoms with Crippen molar-refractivity contribution in [2.45, 2.75) is 6.92 Å². The third-order valence-electron chi connectivity index (χ3n) is 3.02. The first-order valence-corrected chi connectivity index (χ1v) is 6.09. The Balaban J connectivity index is 2.18. The number of para-hydroxylation sites is 2. The molecule has 0 unspecified atom stereocenters. The van der Waals surface area contributed by atoms with Crippen LogP contribution in [-0.4, -0.2) is 0 Å². The summed E-state index contributed by atoms with van der Waals surface area (Å²) in [5.41, 5.74) is 2.94. The first-order valence-electron chi connectivity index (χ1n) is 6.09. The second-order valence-corrected chi connectivity index (χ2v) is 4.42. The number of rotatable bonds is 2. The van der Waals surface area contributed by atoms with Crippen LogP contribution in [0.4, 0.5) is 11.4 Å². The van der Waals surface area contributed by atoms with E-state index in [-0.39, 0.29) is 5.63 Å². The van der Waals surface area contributed by atoms with Crippen LogP contribution in [0.25, 0.3) is 11.0 Å². The van der Waals surface area contributed by atoms with Gasteiger partial charge < -0.3 is 9.73 Å². The van der Waals surface area contributed by atoms with Crippen molar-refractivity contribution in [3.8, 4) is 0 Å². The summed E-state index contributed by atoms with van der Waals surface area (Å²) in [5, 5.41) is 4.16. The van der Waals surface area contributed by atoms with Gasteiger partial charge in [0.2, 0.25) is 0 Å². The van der Waals surface area contributed by atoms with Crippen LogP contribution in [0.3, 0.4) is 0 Å².